The summed E-state index contributed by atoms with van der Waals surface area (Å²) in [6.07, 6.45) is 0. The maximum Gasteiger partial charge on any atom is 0.234 e. The van der Waals surface area contributed by atoms with Crippen LogP contribution in [-0.2, 0) is 9.53 Å². The number of methoxy groups -OCH3 is 1. The fourth-order valence-corrected chi connectivity index (χ4v) is 1.50. The summed E-state index contributed by atoms with van der Waals surface area (Å²) in [5.74, 6) is 0.0386. The van der Waals surface area contributed by atoms with Crippen molar-refractivity contribution < 1.29 is 9.53 Å². The Morgan fingerprint density at radius 1 is 1.47 bits per heavy atom. The summed E-state index contributed by atoms with van der Waals surface area (Å²) in [6.45, 7) is 10.1. The van der Waals surface area contributed by atoms with Crippen LogP contribution in [0.25, 0.3) is 0 Å². The molecule has 0 aliphatic rings. The summed E-state index contributed by atoms with van der Waals surface area (Å²) >= 11 is 0. The summed E-state index contributed by atoms with van der Waals surface area (Å²) in [5, 5.41) is 2.82. The molecule has 0 bridgehead atoms. The number of hydrogen-bond donors (Lipinski definition) is 2. The van der Waals surface area contributed by atoms with Gasteiger partial charge >= 0.3 is 0 Å². The second-order valence-electron chi connectivity index (χ2n) is 5.01. The Labute approximate surface area is 105 Å². The summed E-state index contributed by atoms with van der Waals surface area (Å²) in [6, 6.07) is 0. The molecule has 0 radical (unpaired) electrons. The first-order valence-electron chi connectivity index (χ1n) is 6.13. The third-order valence-corrected chi connectivity index (χ3v) is 2.65. The third kappa shape index (κ3) is 8.12. The Balaban J connectivity index is 3.99. The molecule has 0 aromatic heterocycles. The minimum absolute atomic E-state index is 0.0386. The van der Waals surface area contributed by atoms with Gasteiger partial charge < -0.3 is 15.8 Å². The summed E-state index contributed by atoms with van der Waals surface area (Å²) in [4.78, 5) is 13.7. The number of carbonyl (C=O) groups is 1. The number of ether oxygens (including phenoxy) is 1. The summed E-state index contributed by atoms with van der Waals surface area (Å²) in [7, 11) is 1.62. The van der Waals surface area contributed by atoms with Gasteiger partial charge in [-0.2, -0.15) is 0 Å². The van der Waals surface area contributed by atoms with Gasteiger partial charge in [-0.25, -0.2) is 0 Å². The molecular weight excluding hydrogens is 218 g/mol. The van der Waals surface area contributed by atoms with Crippen molar-refractivity contribution >= 4 is 5.91 Å². The van der Waals surface area contributed by atoms with Gasteiger partial charge in [0.25, 0.3) is 0 Å². The number of hydrogen-bond acceptors (Lipinski definition) is 4. The number of nitrogens with zero attached hydrogens (tertiary/aromatic N) is 1. The standard InChI is InChI=1S/C12H27N3O2/c1-5-15(10-12(2,3)9-13)8-11(16)14-6-7-17-4/h5-10,13H2,1-4H3,(H,14,16). The van der Waals surface area contributed by atoms with Crippen molar-refractivity contribution in [2.75, 3.05) is 46.4 Å². The highest BCUT2D eigenvalue weighted by atomic mass is 16.5. The zero-order valence-electron chi connectivity index (χ0n) is 11.6. The Morgan fingerprint density at radius 2 is 2.12 bits per heavy atom. The Hall–Kier alpha value is -0.650. The molecule has 0 heterocycles. The van der Waals surface area contributed by atoms with E-state index in [0.717, 1.165) is 13.1 Å². The normalized spacial score (nSPS) is 11.9. The number of rotatable bonds is 9. The molecule has 0 saturated carbocycles. The molecule has 0 aliphatic heterocycles. The lowest BCUT2D eigenvalue weighted by Crippen LogP contribution is -2.44. The van der Waals surface area contributed by atoms with Gasteiger partial charge in [0.1, 0.15) is 0 Å². The van der Waals surface area contributed by atoms with Crippen molar-refractivity contribution in [3.05, 3.63) is 0 Å². The van der Waals surface area contributed by atoms with Crippen molar-refractivity contribution in [3.8, 4) is 0 Å². The molecule has 0 rings (SSSR count). The maximum absolute atomic E-state index is 11.6. The number of likely N-dealkylation sites (N-methyl/N-ethyl adjacent to an activating group) is 1. The van der Waals surface area contributed by atoms with Crippen LogP contribution in [0.1, 0.15) is 20.8 Å². The predicted molar refractivity (Wildman–Crippen MR) is 69.8 cm³/mol. The molecule has 1 amide bonds. The van der Waals surface area contributed by atoms with Crippen LogP contribution in [-0.4, -0.2) is 57.2 Å². The number of nitrogens with one attached hydrogen (secondary N) is 1. The summed E-state index contributed by atoms with van der Waals surface area (Å²) < 4.78 is 4.88. The highest BCUT2D eigenvalue weighted by Crippen LogP contribution is 2.14. The zero-order valence-corrected chi connectivity index (χ0v) is 11.6. The Bertz CT molecular complexity index is 220. The van der Waals surface area contributed by atoms with Gasteiger partial charge in [0.2, 0.25) is 5.91 Å². The van der Waals surface area contributed by atoms with Crippen molar-refractivity contribution in [2.24, 2.45) is 11.1 Å². The van der Waals surface area contributed by atoms with Crippen LogP contribution in [0.2, 0.25) is 0 Å². The fourth-order valence-electron chi connectivity index (χ4n) is 1.50. The van der Waals surface area contributed by atoms with Crippen LogP contribution in [0.4, 0.5) is 0 Å². The van der Waals surface area contributed by atoms with E-state index in [-0.39, 0.29) is 11.3 Å². The van der Waals surface area contributed by atoms with E-state index >= 15 is 0 Å². The molecule has 0 aliphatic carbocycles. The predicted octanol–water partition coefficient (Wildman–Crippen LogP) is 0.0558. The average molecular weight is 245 g/mol. The molecule has 0 atom stereocenters. The quantitative estimate of drug-likeness (QED) is 0.564. The first-order valence-corrected chi connectivity index (χ1v) is 6.13. The minimum atomic E-state index is 0.0386. The van der Waals surface area contributed by atoms with Crippen LogP contribution in [0.3, 0.4) is 0 Å². The van der Waals surface area contributed by atoms with E-state index < -0.39 is 0 Å². The average Bonchev–Trinajstić information content (AvgIpc) is 2.28. The highest BCUT2D eigenvalue weighted by Gasteiger charge is 2.20. The van der Waals surface area contributed by atoms with E-state index in [4.69, 9.17) is 10.5 Å². The third-order valence-electron chi connectivity index (χ3n) is 2.65. The molecule has 3 N–H and O–H groups in total. The lowest BCUT2D eigenvalue weighted by molar-refractivity contribution is -0.122. The van der Waals surface area contributed by atoms with E-state index in [2.05, 4.69) is 31.0 Å². The molecule has 0 aromatic rings. The van der Waals surface area contributed by atoms with Crippen molar-refractivity contribution in [2.45, 2.75) is 20.8 Å². The molecule has 5 heteroatoms. The number of amides is 1. The highest BCUT2D eigenvalue weighted by molar-refractivity contribution is 5.77. The van der Waals surface area contributed by atoms with Crippen LogP contribution in [0, 0.1) is 5.41 Å². The number of carbonyl (C=O) groups excluding carboxylic acids is 1. The topological polar surface area (TPSA) is 67.6 Å². The smallest absolute Gasteiger partial charge is 0.234 e. The fraction of sp³-hybridized carbons (Fsp3) is 0.917. The molecule has 0 fully saturated rings. The molecule has 5 nitrogen and oxygen atoms in total. The zero-order chi connectivity index (χ0) is 13.3. The molecule has 0 spiro atoms. The first kappa shape index (κ1) is 16.4. The number of nitrogens with two attached hydrogens (primary N) is 1. The van der Waals surface area contributed by atoms with Gasteiger partial charge in [-0.1, -0.05) is 20.8 Å². The van der Waals surface area contributed by atoms with E-state index in [1.165, 1.54) is 0 Å². The van der Waals surface area contributed by atoms with Gasteiger partial charge in [0, 0.05) is 20.2 Å². The van der Waals surface area contributed by atoms with Crippen LogP contribution >= 0.6 is 0 Å². The van der Waals surface area contributed by atoms with Gasteiger partial charge in [0.05, 0.1) is 13.2 Å². The van der Waals surface area contributed by atoms with E-state index in [1.807, 2.05) is 0 Å². The van der Waals surface area contributed by atoms with Gasteiger partial charge in [-0.3, -0.25) is 9.69 Å². The van der Waals surface area contributed by atoms with Crippen LogP contribution in [0.15, 0.2) is 0 Å². The van der Waals surface area contributed by atoms with Crippen molar-refractivity contribution in [1.29, 1.82) is 0 Å². The summed E-state index contributed by atoms with van der Waals surface area (Å²) in [5.41, 5.74) is 5.74. The molecule has 0 unspecified atom stereocenters. The van der Waals surface area contributed by atoms with Gasteiger partial charge in [-0.05, 0) is 18.5 Å². The maximum atomic E-state index is 11.6. The second-order valence-corrected chi connectivity index (χ2v) is 5.01. The molecular formula is C12H27N3O2. The molecule has 17 heavy (non-hydrogen) atoms. The van der Waals surface area contributed by atoms with Crippen LogP contribution < -0.4 is 11.1 Å². The molecule has 102 valence electrons. The molecule has 0 aromatic carbocycles. The largest absolute Gasteiger partial charge is 0.383 e. The molecule has 0 saturated heterocycles. The lowest BCUT2D eigenvalue weighted by atomic mass is 9.93. The first-order chi connectivity index (χ1) is 7.95. The lowest BCUT2D eigenvalue weighted by Gasteiger charge is -2.30. The second kappa shape index (κ2) is 8.44. The van der Waals surface area contributed by atoms with E-state index in [9.17, 15) is 4.79 Å². The Morgan fingerprint density at radius 3 is 2.59 bits per heavy atom. The van der Waals surface area contributed by atoms with Gasteiger partial charge in [0.15, 0.2) is 0 Å². The minimum Gasteiger partial charge on any atom is -0.383 e. The van der Waals surface area contributed by atoms with E-state index in [0.29, 0.717) is 26.2 Å². The van der Waals surface area contributed by atoms with E-state index in [1.54, 1.807) is 7.11 Å². The van der Waals surface area contributed by atoms with Crippen molar-refractivity contribution in [3.63, 3.8) is 0 Å². The monoisotopic (exact) mass is 245 g/mol. The SMILES string of the molecule is CCN(CC(=O)NCCOC)CC(C)(C)CN. The van der Waals surface area contributed by atoms with Crippen molar-refractivity contribution in [1.82, 2.24) is 10.2 Å². The Kier molecular flexibility index (Phi) is 8.12. The van der Waals surface area contributed by atoms with Gasteiger partial charge in [-0.15, -0.1) is 0 Å². The van der Waals surface area contributed by atoms with Crippen LogP contribution in [0.5, 0.6) is 0 Å².